The normalized spacial score (nSPS) is 12.2. The molecule has 0 aliphatic rings. The van der Waals surface area contributed by atoms with Gasteiger partial charge in [0.15, 0.2) is 0 Å². The molecule has 0 aliphatic carbocycles. The van der Waals surface area contributed by atoms with Gasteiger partial charge in [0.1, 0.15) is 11.3 Å². The van der Waals surface area contributed by atoms with Crippen molar-refractivity contribution < 1.29 is 4.42 Å². The van der Waals surface area contributed by atoms with Crippen molar-refractivity contribution in [3.05, 3.63) is 90.3 Å². The van der Waals surface area contributed by atoms with Crippen LogP contribution in [-0.4, -0.2) is 4.98 Å². The lowest BCUT2D eigenvalue weighted by Gasteiger charge is -2.22. The predicted molar refractivity (Wildman–Crippen MR) is 140 cm³/mol. The van der Waals surface area contributed by atoms with Crippen LogP contribution in [0.5, 0.6) is 0 Å². The van der Waals surface area contributed by atoms with Gasteiger partial charge in [0.05, 0.1) is 5.69 Å². The van der Waals surface area contributed by atoms with E-state index in [9.17, 15) is 0 Å². The van der Waals surface area contributed by atoms with Gasteiger partial charge in [-0.3, -0.25) is 4.98 Å². The van der Waals surface area contributed by atoms with Crippen LogP contribution in [-0.2, 0) is 11.8 Å². The van der Waals surface area contributed by atoms with Gasteiger partial charge in [-0.15, -0.1) is 0 Å². The molecule has 166 valence electrons. The lowest BCUT2D eigenvalue weighted by atomic mass is 9.82. The van der Waals surface area contributed by atoms with Crippen molar-refractivity contribution in [2.75, 3.05) is 0 Å². The lowest BCUT2D eigenvalue weighted by molar-refractivity contribution is 0.500. The fourth-order valence-electron chi connectivity index (χ4n) is 4.70. The summed E-state index contributed by atoms with van der Waals surface area (Å²) in [5.74, 6) is 1.61. The summed E-state index contributed by atoms with van der Waals surface area (Å²) in [6, 6.07) is 26.0. The van der Waals surface area contributed by atoms with Crippen LogP contribution < -0.4 is 0 Å². The van der Waals surface area contributed by atoms with Crippen molar-refractivity contribution in [1.29, 1.82) is 0 Å². The first kappa shape index (κ1) is 21.5. The first-order chi connectivity index (χ1) is 15.8. The molecule has 2 aromatic heterocycles. The molecule has 2 nitrogen and oxygen atoms in total. The maximum Gasteiger partial charge on any atom is 0.134 e. The number of hydrogen-bond donors (Lipinski definition) is 0. The highest BCUT2D eigenvalue weighted by atomic mass is 16.3. The minimum atomic E-state index is 0.0441. The summed E-state index contributed by atoms with van der Waals surface area (Å²) >= 11 is 0. The Morgan fingerprint density at radius 1 is 0.818 bits per heavy atom. The summed E-state index contributed by atoms with van der Waals surface area (Å²) in [4.78, 5) is 4.77. The van der Waals surface area contributed by atoms with Gasteiger partial charge in [-0.05, 0) is 75.2 Å². The third kappa shape index (κ3) is 4.18. The molecule has 5 aromatic rings. The zero-order chi connectivity index (χ0) is 23.2. The molecule has 33 heavy (non-hydrogen) atoms. The van der Waals surface area contributed by atoms with Crippen molar-refractivity contribution in [2.24, 2.45) is 5.92 Å². The number of nitrogens with zero attached hydrogens (tertiary/aromatic N) is 1. The minimum Gasteiger partial charge on any atom is -0.461 e. The van der Waals surface area contributed by atoms with Crippen LogP contribution in [0.15, 0.2) is 83.4 Å². The topological polar surface area (TPSA) is 26.0 Å². The number of furan rings is 1. The second-order valence-corrected chi connectivity index (χ2v) is 10.5. The van der Waals surface area contributed by atoms with E-state index in [4.69, 9.17) is 9.40 Å². The van der Waals surface area contributed by atoms with Crippen LogP contribution in [0.4, 0.5) is 0 Å². The van der Waals surface area contributed by atoms with Crippen LogP contribution >= 0.6 is 0 Å². The summed E-state index contributed by atoms with van der Waals surface area (Å²) in [5.41, 5.74) is 6.83. The van der Waals surface area contributed by atoms with E-state index in [1.54, 1.807) is 0 Å². The fraction of sp³-hybridized carbons (Fsp3) is 0.258. The highest BCUT2D eigenvalue weighted by Crippen LogP contribution is 2.36. The molecule has 5 rings (SSSR count). The van der Waals surface area contributed by atoms with E-state index in [2.05, 4.69) is 107 Å². The molecule has 0 unspecified atom stereocenters. The van der Waals surface area contributed by atoms with Gasteiger partial charge in [-0.1, -0.05) is 71.0 Å². The predicted octanol–water partition coefficient (Wildman–Crippen LogP) is 8.81. The van der Waals surface area contributed by atoms with Crippen molar-refractivity contribution in [3.8, 4) is 22.4 Å². The third-order valence-corrected chi connectivity index (χ3v) is 6.26. The lowest BCUT2D eigenvalue weighted by Crippen LogP contribution is -2.12. The third-order valence-electron chi connectivity index (χ3n) is 6.26. The van der Waals surface area contributed by atoms with Gasteiger partial charge in [0, 0.05) is 23.6 Å². The quantitative estimate of drug-likeness (QED) is 0.283. The molecule has 0 atom stereocenters. The van der Waals surface area contributed by atoms with Crippen molar-refractivity contribution in [3.63, 3.8) is 0 Å². The smallest absolute Gasteiger partial charge is 0.134 e. The average molecular weight is 434 g/mol. The summed E-state index contributed by atoms with van der Waals surface area (Å²) in [5, 5.41) is 3.73. The highest BCUT2D eigenvalue weighted by molar-refractivity contribution is 5.95. The monoisotopic (exact) mass is 433 g/mol. The van der Waals surface area contributed by atoms with E-state index in [-0.39, 0.29) is 5.41 Å². The summed E-state index contributed by atoms with van der Waals surface area (Å²) in [6.45, 7) is 11.3. The molecule has 3 aromatic carbocycles. The number of pyridine rings is 1. The molecule has 0 radical (unpaired) electrons. The van der Waals surface area contributed by atoms with E-state index in [1.807, 2.05) is 6.20 Å². The number of benzene rings is 3. The van der Waals surface area contributed by atoms with Crippen LogP contribution in [0.3, 0.4) is 0 Å². The molecular formula is C31H31NO. The van der Waals surface area contributed by atoms with Crippen LogP contribution in [0.25, 0.3) is 44.1 Å². The summed E-state index contributed by atoms with van der Waals surface area (Å²) in [6.07, 6.45) is 2.87. The number of aromatic nitrogens is 1. The number of fused-ring (bicyclic) bond motifs is 2. The molecule has 0 N–H and O–H groups in total. The zero-order valence-electron chi connectivity index (χ0n) is 20.1. The SMILES string of the molecule is CC(C)Cc1cc2c(-c3ccnc(-c4cc(C(C)(C)C)c5ccccc5c4)c3)cccc2o1. The first-order valence-corrected chi connectivity index (χ1v) is 11.8. The van der Waals surface area contributed by atoms with Gasteiger partial charge >= 0.3 is 0 Å². The molecular weight excluding hydrogens is 402 g/mol. The fourth-order valence-corrected chi connectivity index (χ4v) is 4.70. The highest BCUT2D eigenvalue weighted by Gasteiger charge is 2.19. The molecule has 2 heterocycles. The van der Waals surface area contributed by atoms with Crippen molar-refractivity contribution in [1.82, 2.24) is 4.98 Å². The molecule has 0 amide bonds. The Bertz CT molecular complexity index is 1450. The molecule has 0 saturated carbocycles. The Morgan fingerprint density at radius 3 is 2.42 bits per heavy atom. The van der Waals surface area contributed by atoms with Gasteiger partial charge in [0.25, 0.3) is 0 Å². The van der Waals surface area contributed by atoms with Crippen LogP contribution in [0, 0.1) is 5.92 Å². The Hall–Kier alpha value is -3.39. The molecule has 0 saturated heterocycles. The van der Waals surface area contributed by atoms with Crippen LogP contribution in [0.2, 0.25) is 0 Å². The van der Waals surface area contributed by atoms with Crippen molar-refractivity contribution >= 4 is 21.7 Å². The van der Waals surface area contributed by atoms with Gasteiger partial charge in [-0.25, -0.2) is 0 Å². The molecule has 0 aliphatic heterocycles. The molecule has 0 fully saturated rings. The van der Waals surface area contributed by atoms with E-state index >= 15 is 0 Å². The van der Waals surface area contributed by atoms with E-state index in [1.165, 1.54) is 27.3 Å². The Balaban J connectivity index is 1.64. The summed E-state index contributed by atoms with van der Waals surface area (Å²) in [7, 11) is 0. The van der Waals surface area contributed by atoms with E-state index in [0.717, 1.165) is 34.6 Å². The molecule has 0 spiro atoms. The Labute approximate surface area is 196 Å². The van der Waals surface area contributed by atoms with E-state index < -0.39 is 0 Å². The Morgan fingerprint density at radius 2 is 1.64 bits per heavy atom. The Kier molecular flexibility index (Phi) is 5.32. The number of rotatable bonds is 4. The standard InChI is InChI=1S/C31H31NO/c1-20(2)15-24-19-27-25(11-8-12-30(27)33-24)22-13-14-32-29(18-22)23-16-21-9-6-7-10-26(21)28(17-23)31(3,4)5/h6-14,16-20H,15H2,1-5H3. The van der Waals surface area contributed by atoms with Gasteiger partial charge in [-0.2, -0.15) is 0 Å². The second-order valence-electron chi connectivity index (χ2n) is 10.5. The summed E-state index contributed by atoms with van der Waals surface area (Å²) < 4.78 is 6.14. The van der Waals surface area contributed by atoms with Gasteiger partial charge in [0.2, 0.25) is 0 Å². The average Bonchev–Trinajstić information content (AvgIpc) is 3.19. The maximum atomic E-state index is 6.14. The largest absolute Gasteiger partial charge is 0.461 e. The molecule has 2 heteroatoms. The second kappa shape index (κ2) is 8.19. The molecule has 0 bridgehead atoms. The first-order valence-electron chi connectivity index (χ1n) is 11.8. The van der Waals surface area contributed by atoms with E-state index in [0.29, 0.717) is 5.92 Å². The minimum absolute atomic E-state index is 0.0441. The van der Waals surface area contributed by atoms with Crippen molar-refractivity contribution in [2.45, 2.75) is 46.5 Å². The zero-order valence-corrected chi connectivity index (χ0v) is 20.1. The van der Waals surface area contributed by atoms with Gasteiger partial charge < -0.3 is 4.42 Å². The maximum absolute atomic E-state index is 6.14. The number of hydrogen-bond acceptors (Lipinski definition) is 2. The van der Waals surface area contributed by atoms with Crippen LogP contribution in [0.1, 0.15) is 45.9 Å².